The molecule has 1 aliphatic heterocycles. The molecule has 14 heavy (non-hydrogen) atoms. The quantitative estimate of drug-likeness (QED) is 0.649. The van der Waals surface area contributed by atoms with Gasteiger partial charge in [0.2, 0.25) is 0 Å². The van der Waals surface area contributed by atoms with Gasteiger partial charge < -0.3 is 0 Å². The number of hydrogen-bond acceptors (Lipinski definition) is 0. The van der Waals surface area contributed by atoms with Crippen LogP contribution in [0.5, 0.6) is 0 Å². The second kappa shape index (κ2) is 4.97. The third-order valence-electron chi connectivity index (χ3n) is 3.01. The van der Waals surface area contributed by atoms with Gasteiger partial charge in [0.05, 0.1) is 0 Å². The molecule has 1 aliphatic rings. The molecule has 0 nitrogen and oxygen atoms in total. The molecule has 0 aliphatic carbocycles. The zero-order chi connectivity index (χ0) is 10.9. The van der Waals surface area contributed by atoms with Crippen LogP contribution in [0.15, 0.2) is 17.7 Å². The molecule has 0 aromatic carbocycles. The fraction of sp³-hybridized carbons (Fsp3) is 0.600. The molecule has 80 valence electrons. The first-order valence-electron chi connectivity index (χ1n) is 4.81. The summed E-state index contributed by atoms with van der Waals surface area (Å²) in [5.74, 6) is 0. The predicted molar refractivity (Wildman–Crippen MR) is 69.6 cm³/mol. The van der Waals surface area contributed by atoms with Crippen molar-refractivity contribution in [1.82, 2.24) is 0 Å². The molecule has 0 bridgehead atoms. The van der Waals surface area contributed by atoms with Crippen molar-refractivity contribution in [1.29, 1.82) is 0 Å². The Hall–Kier alpha value is 1.12. The Kier molecular flexibility index (Phi) is 4.68. The van der Waals surface area contributed by atoms with Crippen LogP contribution in [-0.4, -0.2) is 28.2 Å². The Morgan fingerprint density at radius 1 is 1.29 bits per heavy atom. The fourth-order valence-corrected chi connectivity index (χ4v) is 28.9. The van der Waals surface area contributed by atoms with E-state index in [0.29, 0.717) is 24.5 Å². The van der Waals surface area contributed by atoms with E-state index in [1.165, 1.54) is 7.17 Å². The van der Waals surface area contributed by atoms with Crippen molar-refractivity contribution >= 4 is 51.4 Å². The predicted octanol–water partition coefficient (Wildman–Crippen LogP) is 4.21. The SMILES string of the molecule is C[CH](C)[Ge]1([CH](C)C)[C](Cl)=C[Se]/[C]1=C\Cl. The average Bonchev–Trinajstić information content (AvgIpc) is 2.42. The monoisotopic (exact) mass is 360 g/mol. The van der Waals surface area contributed by atoms with Gasteiger partial charge in [-0.15, -0.1) is 0 Å². The fourth-order valence-electron chi connectivity index (χ4n) is 2.33. The van der Waals surface area contributed by atoms with Crippen LogP contribution < -0.4 is 0 Å². The van der Waals surface area contributed by atoms with Crippen molar-refractivity contribution in [2.45, 2.75) is 37.2 Å². The summed E-state index contributed by atoms with van der Waals surface area (Å²) in [7, 11) is 0. The van der Waals surface area contributed by atoms with Gasteiger partial charge in [-0.05, 0) is 0 Å². The third-order valence-corrected chi connectivity index (χ3v) is 25.0. The topological polar surface area (TPSA) is 0 Å². The van der Waals surface area contributed by atoms with Crippen LogP contribution in [0, 0.1) is 0 Å². The van der Waals surface area contributed by atoms with Gasteiger partial charge in [0.15, 0.2) is 0 Å². The van der Waals surface area contributed by atoms with Gasteiger partial charge in [0, 0.05) is 0 Å². The Bertz CT molecular complexity index is 274. The molecule has 0 spiro atoms. The van der Waals surface area contributed by atoms with E-state index in [9.17, 15) is 0 Å². The molecule has 4 heteroatoms. The van der Waals surface area contributed by atoms with E-state index in [0.717, 1.165) is 0 Å². The van der Waals surface area contributed by atoms with E-state index in [4.69, 9.17) is 23.2 Å². The molecule has 0 N–H and O–H groups in total. The summed E-state index contributed by atoms with van der Waals surface area (Å²) in [4.78, 5) is 2.24. The van der Waals surface area contributed by atoms with Crippen LogP contribution in [0.4, 0.5) is 0 Å². The summed E-state index contributed by atoms with van der Waals surface area (Å²) in [5, 5.41) is 0. The Labute approximate surface area is 106 Å². The zero-order valence-corrected chi connectivity index (χ0v) is 14.3. The second-order valence-electron chi connectivity index (χ2n) is 4.24. The molecule has 0 aromatic rings. The van der Waals surface area contributed by atoms with Crippen molar-refractivity contribution in [3.63, 3.8) is 0 Å². The Morgan fingerprint density at radius 2 is 1.79 bits per heavy atom. The van der Waals surface area contributed by atoms with Crippen molar-refractivity contribution in [2.75, 3.05) is 0 Å². The Balaban J connectivity index is 3.25. The van der Waals surface area contributed by atoms with Crippen molar-refractivity contribution in [2.24, 2.45) is 0 Å². The van der Waals surface area contributed by atoms with E-state index in [-0.39, 0.29) is 0 Å². The van der Waals surface area contributed by atoms with Gasteiger partial charge in [-0.1, -0.05) is 0 Å². The van der Waals surface area contributed by atoms with Crippen molar-refractivity contribution in [3.8, 4) is 0 Å². The Morgan fingerprint density at radius 3 is 2.07 bits per heavy atom. The van der Waals surface area contributed by atoms with Gasteiger partial charge in [0.25, 0.3) is 0 Å². The first-order valence-corrected chi connectivity index (χ1v) is 12.0. The van der Waals surface area contributed by atoms with Gasteiger partial charge in [-0.3, -0.25) is 0 Å². The maximum atomic E-state index is 6.46. The van der Waals surface area contributed by atoms with Crippen LogP contribution in [0.25, 0.3) is 0 Å². The van der Waals surface area contributed by atoms with Crippen molar-refractivity contribution < 1.29 is 0 Å². The first kappa shape index (κ1) is 13.2. The number of rotatable bonds is 2. The molecule has 0 aromatic heterocycles. The molecule has 0 atom stereocenters. The van der Waals surface area contributed by atoms with E-state index in [2.05, 4.69) is 32.7 Å². The summed E-state index contributed by atoms with van der Waals surface area (Å²) in [6, 6.07) is 0. The molecular formula is C10H16Cl2GeSe. The summed E-state index contributed by atoms with van der Waals surface area (Å²) in [6.07, 6.45) is 0. The van der Waals surface area contributed by atoms with Crippen LogP contribution in [0.2, 0.25) is 9.50 Å². The summed E-state index contributed by atoms with van der Waals surface area (Å²) < 4.78 is 4.07. The molecule has 0 saturated carbocycles. The maximum absolute atomic E-state index is 6.46. The van der Waals surface area contributed by atoms with Crippen LogP contribution in [-0.2, 0) is 0 Å². The molecule has 1 rings (SSSR count). The zero-order valence-electron chi connectivity index (χ0n) is 8.97. The minimum atomic E-state index is -2.21. The molecule has 0 unspecified atom stereocenters. The second-order valence-corrected chi connectivity index (χ2v) is 19.9. The van der Waals surface area contributed by atoms with Gasteiger partial charge in [-0.25, -0.2) is 0 Å². The average molecular weight is 359 g/mol. The standard InChI is InChI=1S/C10H16Cl2GeSe/c1-7(2)13(8(3)4)9(12)6-14-10(13)5-11/h5-8H,1-4H3/b10-5-. The molecule has 0 amide bonds. The van der Waals surface area contributed by atoms with Crippen LogP contribution in [0.1, 0.15) is 27.7 Å². The summed E-state index contributed by atoms with van der Waals surface area (Å²) >= 11 is 10.6. The molecular weight excluding hydrogens is 343 g/mol. The molecule has 0 radical (unpaired) electrons. The first-order chi connectivity index (χ1) is 6.47. The molecule has 0 fully saturated rings. The van der Waals surface area contributed by atoms with E-state index >= 15 is 0 Å². The van der Waals surface area contributed by atoms with E-state index < -0.39 is 13.3 Å². The number of hydrogen-bond donors (Lipinski definition) is 0. The van der Waals surface area contributed by atoms with E-state index in [1.54, 1.807) is 0 Å². The van der Waals surface area contributed by atoms with Gasteiger partial charge in [0.1, 0.15) is 0 Å². The molecule has 1 heterocycles. The van der Waals surface area contributed by atoms with Gasteiger partial charge >= 0.3 is 106 Å². The summed E-state index contributed by atoms with van der Waals surface area (Å²) in [6.45, 7) is 9.21. The third kappa shape index (κ3) is 1.87. The normalized spacial score (nSPS) is 23.7. The van der Waals surface area contributed by atoms with Crippen LogP contribution in [0.3, 0.4) is 0 Å². The van der Waals surface area contributed by atoms with Crippen LogP contribution >= 0.6 is 23.2 Å². The summed E-state index contributed by atoms with van der Waals surface area (Å²) in [5.41, 5.74) is 1.83. The minimum absolute atomic E-state index is 0.424. The number of halogens is 2. The van der Waals surface area contributed by atoms with E-state index in [1.807, 2.05) is 5.54 Å². The van der Waals surface area contributed by atoms with Gasteiger partial charge in [-0.2, -0.15) is 0 Å². The molecule has 0 saturated heterocycles. The van der Waals surface area contributed by atoms with Crippen molar-refractivity contribution in [3.05, 3.63) is 17.7 Å².